The fraction of sp³-hybridized carbons (Fsp3) is 0.929. The summed E-state index contributed by atoms with van der Waals surface area (Å²) < 4.78 is 0. The maximum Gasteiger partial charge on any atom is 0.234 e. The van der Waals surface area contributed by atoms with Gasteiger partial charge < -0.3 is 10.6 Å². The predicted octanol–water partition coefficient (Wildman–Crippen LogP) is 2.46. The topological polar surface area (TPSA) is 41.1 Å². The van der Waals surface area contributed by atoms with E-state index in [1.54, 1.807) is 0 Å². The molecular formula is C14H28N2O. The van der Waals surface area contributed by atoms with E-state index in [1.807, 2.05) is 0 Å². The van der Waals surface area contributed by atoms with E-state index in [4.69, 9.17) is 0 Å². The Morgan fingerprint density at radius 2 is 2.00 bits per heavy atom. The molecule has 1 amide bonds. The first-order chi connectivity index (χ1) is 7.99. The molecule has 1 aliphatic rings. The van der Waals surface area contributed by atoms with E-state index >= 15 is 0 Å². The lowest BCUT2D eigenvalue weighted by molar-refractivity contribution is -0.121. The molecule has 1 saturated carbocycles. The third-order valence-corrected chi connectivity index (χ3v) is 4.12. The molecule has 0 bridgehead atoms. The second-order valence-electron chi connectivity index (χ2n) is 5.90. The molecule has 3 nitrogen and oxygen atoms in total. The van der Waals surface area contributed by atoms with Gasteiger partial charge in [-0.1, -0.05) is 34.1 Å². The largest absolute Gasteiger partial charge is 0.352 e. The van der Waals surface area contributed by atoms with E-state index in [9.17, 15) is 4.79 Å². The molecule has 2 N–H and O–H groups in total. The van der Waals surface area contributed by atoms with Crippen molar-refractivity contribution in [2.75, 3.05) is 6.54 Å². The third-order valence-electron chi connectivity index (χ3n) is 4.12. The average molecular weight is 240 g/mol. The first kappa shape index (κ1) is 14.5. The molecule has 1 fully saturated rings. The highest BCUT2D eigenvalue weighted by Crippen LogP contribution is 2.36. The Hall–Kier alpha value is -0.570. The second kappa shape index (κ2) is 6.39. The molecule has 0 spiro atoms. The molecular weight excluding hydrogens is 212 g/mol. The summed E-state index contributed by atoms with van der Waals surface area (Å²) in [5.74, 6) is 0.140. The maximum absolute atomic E-state index is 11.8. The van der Waals surface area contributed by atoms with Crippen LogP contribution in [0.5, 0.6) is 0 Å². The van der Waals surface area contributed by atoms with Crippen molar-refractivity contribution in [1.29, 1.82) is 0 Å². The van der Waals surface area contributed by atoms with Gasteiger partial charge in [-0.05, 0) is 31.1 Å². The minimum atomic E-state index is 0.140. The summed E-state index contributed by atoms with van der Waals surface area (Å²) in [5.41, 5.74) is 0.342. The molecule has 0 heterocycles. The van der Waals surface area contributed by atoms with Crippen molar-refractivity contribution in [3.63, 3.8) is 0 Å². The number of carbonyl (C=O) groups excluding carboxylic acids is 1. The highest BCUT2D eigenvalue weighted by Gasteiger charge is 2.34. The number of nitrogens with one attached hydrogen (secondary N) is 2. The van der Waals surface area contributed by atoms with Gasteiger partial charge in [0.25, 0.3) is 0 Å². The van der Waals surface area contributed by atoms with Crippen LogP contribution in [0.4, 0.5) is 0 Å². The standard InChI is InChI=1S/C14H28N2O/c1-5-11(6-2)16-13(17)10-15-12-8-7-9-14(12,3)4/h11-12,15H,5-10H2,1-4H3,(H,16,17). The highest BCUT2D eigenvalue weighted by molar-refractivity contribution is 5.78. The van der Waals surface area contributed by atoms with Crippen molar-refractivity contribution < 1.29 is 4.79 Å². The first-order valence-corrected chi connectivity index (χ1v) is 7.02. The molecule has 100 valence electrons. The van der Waals surface area contributed by atoms with Crippen molar-refractivity contribution in [2.24, 2.45) is 5.41 Å². The molecule has 0 saturated heterocycles. The SMILES string of the molecule is CCC(CC)NC(=O)CNC1CCCC1(C)C. The number of rotatable bonds is 6. The van der Waals surface area contributed by atoms with Crippen LogP contribution in [0.1, 0.15) is 59.8 Å². The van der Waals surface area contributed by atoms with Crippen molar-refractivity contribution >= 4 is 5.91 Å². The molecule has 0 aromatic rings. The Bertz CT molecular complexity index is 247. The van der Waals surface area contributed by atoms with Gasteiger partial charge in [-0.3, -0.25) is 4.79 Å². The lowest BCUT2D eigenvalue weighted by Crippen LogP contribution is -2.45. The van der Waals surface area contributed by atoms with Gasteiger partial charge in [0, 0.05) is 12.1 Å². The van der Waals surface area contributed by atoms with Gasteiger partial charge in [0.2, 0.25) is 5.91 Å². The van der Waals surface area contributed by atoms with E-state index in [0.29, 0.717) is 24.0 Å². The number of hydrogen-bond donors (Lipinski definition) is 2. The van der Waals surface area contributed by atoms with Crippen LogP contribution in [0.3, 0.4) is 0 Å². The van der Waals surface area contributed by atoms with E-state index in [1.165, 1.54) is 19.3 Å². The van der Waals surface area contributed by atoms with Crippen LogP contribution < -0.4 is 10.6 Å². The monoisotopic (exact) mass is 240 g/mol. The van der Waals surface area contributed by atoms with E-state index in [0.717, 1.165) is 12.8 Å². The lowest BCUT2D eigenvalue weighted by Gasteiger charge is -2.28. The van der Waals surface area contributed by atoms with Crippen LogP contribution in [0, 0.1) is 5.41 Å². The minimum absolute atomic E-state index is 0.140. The Morgan fingerprint density at radius 3 is 2.47 bits per heavy atom. The zero-order valence-electron chi connectivity index (χ0n) is 11.8. The number of amides is 1. The second-order valence-corrected chi connectivity index (χ2v) is 5.90. The van der Waals surface area contributed by atoms with Crippen LogP contribution in [-0.4, -0.2) is 24.5 Å². The van der Waals surface area contributed by atoms with Gasteiger partial charge in [0.1, 0.15) is 0 Å². The Labute approximate surface area is 106 Å². The number of carbonyl (C=O) groups is 1. The molecule has 0 radical (unpaired) electrons. The molecule has 1 atom stereocenters. The summed E-state index contributed by atoms with van der Waals surface area (Å²) >= 11 is 0. The number of hydrogen-bond acceptors (Lipinski definition) is 2. The normalized spacial score (nSPS) is 23.0. The van der Waals surface area contributed by atoms with Crippen LogP contribution in [0.15, 0.2) is 0 Å². The Morgan fingerprint density at radius 1 is 1.35 bits per heavy atom. The summed E-state index contributed by atoms with van der Waals surface area (Å²) in [6.07, 6.45) is 5.76. The van der Waals surface area contributed by atoms with Gasteiger partial charge >= 0.3 is 0 Å². The molecule has 3 heteroatoms. The van der Waals surface area contributed by atoms with Crippen molar-refractivity contribution in [1.82, 2.24) is 10.6 Å². The molecule has 1 aliphatic carbocycles. The summed E-state index contributed by atoms with van der Waals surface area (Å²) in [5, 5.41) is 6.48. The quantitative estimate of drug-likeness (QED) is 0.749. The van der Waals surface area contributed by atoms with Crippen molar-refractivity contribution in [3.8, 4) is 0 Å². The maximum atomic E-state index is 11.8. The smallest absolute Gasteiger partial charge is 0.234 e. The fourth-order valence-corrected chi connectivity index (χ4v) is 2.69. The molecule has 0 aliphatic heterocycles. The minimum Gasteiger partial charge on any atom is -0.352 e. The van der Waals surface area contributed by atoms with Gasteiger partial charge in [0.05, 0.1) is 6.54 Å². The van der Waals surface area contributed by atoms with Crippen LogP contribution in [0.2, 0.25) is 0 Å². The zero-order valence-corrected chi connectivity index (χ0v) is 11.8. The Kier molecular flexibility index (Phi) is 5.44. The van der Waals surface area contributed by atoms with Gasteiger partial charge in [-0.15, -0.1) is 0 Å². The van der Waals surface area contributed by atoms with Crippen molar-refractivity contribution in [2.45, 2.75) is 71.9 Å². The molecule has 17 heavy (non-hydrogen) atoms. The Balaban J connectivity index is 2.28. The summed E-state index contributed by atoms with van der Waals surface area (Å²) in [4.78, 5) is 11.8. The molecule has 0 aromatic heterocycles. The summed E-state index contributed by atoms with van der Waals surface area (Å²) in [6.45, 7) is 9.27. The third kappa shape index (κ3) is 4.30. The van der Waals surface area contributed by atoms with Gasteiger partial charge in [-0.2, -0.15) is 0 Å². The highest BCUT2D eigenvalue weighted by atomic mass is 16.1. The summed E-state index contributed by atoms with van der Waals surface area (Å²) in [6, 6.07) is 0.829. The van der Waals surface area contributed by atoms with Gasteiger partial charge in [-0.25, -0.2) is 0 Å². The summed E-state index contributed by atoms with van der Waals surface area (Å²) in [7, 11) is 0. The van der Waals surface area contributed by atoms with Crippen LogP contribution in [0.25, 0.3) is 0 Å². The van der Waals surface area contributed by atoms with Crippen molar-refractivity contribution in [3.05, 3.63) is 0 Å². The van der Waals surface area contributed by atoms with E-state index in [-0.39, 0.29) is 5.91 Å². The average Bonchev–Trinajstić information content (AvgIpc) is 2.62. The first-order valence-electron chi connectivity index (χ1n) is 7.02. The predicted molar refractivity (Wildman–Crippen MR) is 71.9 cm³/mol. The molecule has 1 unspecified atom stereocenters. The van der Waals surface area contributed by atoms with E-state index in [2.05, 4.69) is 38.3 Å². The van der Waals surface area contributed by atoms with E-state index < -0.39 is 0 Å². The molecule has 1 rings (SSSR count). The zero-order chi connectivity index (χ0) is 12.9. The molecule has 0 aromatic carbocycles. The van der Waals surface area contributed by atoms with Crippen LogP contribution in [-0.2, 0) is 4.79 Å². The van der Waals surface area contributed by atoms with Crippen LogP contribution >= 0.6 is 0 Å². The lowest BCUT2D eigenvalue weighted by atomic mass is 9.87. The van der Waals surface area contributed by atoms with Gasteiger partial charge in [0.15, 0.2) is 0 Å². The fourth-order valence-electron chi connectivity index (χ4n) is 2.69.